The van der Waals surface area contributed by atoms with E-state index in [4.69, 9.17) is 27.7 Å². The molecule has 1 aromatic heterocycles. The number of piperidine rings is 1. The van der Waals surface area contributed by atoms with Crippen molar-refractivity contribution in [3.05, 3.63) is 63.5 Å². The molecule has 6 nitrogen and oxygen atoms in total. The van der Waals surface area contributed by atoms with E-state index in [2.05, 4.69) is 26.4 Å². The first-order valence-electron chi connectivity index (χ1n) is 10.3. The van der Waals surface area contributed by atoms with Crippen LogP contribution in [-0.4, -0.2) is 34.0 Å². The number of aryl methyl sites for hydroxylation is 2. The van der Waals surface area contributed by atoms with E-state index in [-0.39, 0.29) is 11.8 Å². The number of rotatable bonds is 5. The fourth-order valence-corrected chi connectivity index (χ4v) is 4.33. The van der Waals surface area contributed by atoms with Crippen LogP contribution in [0, 0.1) is 19.8 Å². The summed E-state index contributed by atoms with van der Waals surface area (Å²) < 4.78 is 5.41. The minimum atomic E-state index is 0.00285. The van der Waals surface area contributed by atoms with Gasteiger partial charge in [-0.25, -0.2) is 0 Å². The molecule has 162 valence electrons. The second kappa shape index (κ2) is 9.39. The van der Waals surface area contributed by atoms with E-state index < -0.39 is 0 Å². The van der Waals surface area contributed by atoms with Gasteiger partial charge in [0.25, 0.3) is 0 Å². The SMILES string of the molecule is Cc1ccc(NC(=O)C2CCN(Cc3nc(-c4ccc(Cl)cc4Cl)no3)CC2)c(C)c1. The minimum Gasteiger partial charge on any atom is -0.338 e. The van der Waals surface area contributed by atoms with E-state index in [1.54, 1.807) is 18.2 Å². The van der Waals surface area contributed by atoms with Gasteiger partial charge in [-0.05, 0) is 69.6 Å². The molecule has 4 rings (SSSR count). The number of hydrogen-bond acceptors (Lipinski definition) is 5. The lowest BCUT2D eigenvalue weighted by Gasteiger charge is -2.30. The molecule has 8 heteroatoms. The Labute approximate surface area is 191 Å². The van der Waals surface area contributed by atoms with Gasteiger partial charge in [0.1, 0.15) is 0 Å². The number of halogens is 2. The lowest BCUT2D eigenvalue weighted by atomic mass is 9.95. The Morgan fingerprint density at radius 2 is 1.94 bits per heavy atom. The molecule has 0 atom stereocenters. The van der Waals surface area contributed by atoms with Crippen molar-refractivity contribution in [3.8, 4) is 11.4 Å². The van der Waals surface area contributed by atoms with Crippen molar-refractivity contribution >= 4 is 34.8 Å². The van der Waals surface area contributed by atoms with E-state index in [1.165, 1.54) is 5.56 Å². The normalized spacial score (nSPS) is 15.2. The van der Waals surface area contributed by atoms with Gasteiger partial charge in [-0.3, -0.25) is 9.69 Å². The summed E-state index contributed by atoms with van der Waals surface area (Å²) in [5, 5.41) is 8.16. The molecule has 1 aliphatic heterocycles. The molecule has 1 fully saturated rings. The molecule has 0 aliphatic carbocycles. The molecule has 1 N–H and O–H groups in total. The van der Waals surface area contributed by atoms with Gasteiger partial charge in [0.2, 0.25) is 17.6 Å². The third kappa shape index (κ3) is 5.26. The Morgan fingerprint density at radius 3 is 2.65 bits per heavy atom. The quantitative estimate of drug-likeness (QED) is 0.545. The number of amides is 1. The number of nitrogens with one attached hydrogen (secondary N) is 1. The Balaban J connectivity index is 1.31. The molecule has 1 aliphatic rings. The van der Waals surface area contributed by atoms with Crippen molar-refractivity contribution in [1.82, 2.24) is 15.0 Å². The minimum absolute atomic E-state index is 0.00285. The number of carbonyl (C=O) groups is 1. The molecule has 1 saturated heterocycles. The van der Waals surface area contributed by atoms with Crippen LogP contribution in [0.1, 0.15) is 29.9 Å². The highest BCUT2D eigenvalue weighted by Gasteiger charge is 2.26. The first-order chi connectivity index (χ1) is 14.9. The second-order valence-corrected chi connectivity index (χ2v) is 8.84. The second-order valence-electron chi connectivity index (χ2n) is 7.99. The number of carbonyl (C=O) groups excluding carboxylic acids is 1. The standard InChI is InChI=1S/C23H24Cl2N4O2/c1-14-3-6-20(15(2)11-14)26-23(30)16-7-9-29(10-8-16)13-21-27-22(28-31-21)18-5-4-17(24)12-19(18)25/h3-6,11-12,16H,7-10,13H2,1-2H3,(H,26,30). The van der Waals surface area contributed by atoms with Gasteiger partial charge in [0, 0.05) is 22.2 Å². The van der Waals surface area contributed by atoms with Crippen LogP contribution in [0.25, 0.3) is 11.4 Å². The largest absolute Gasteiger partial charge is 0.338 e. The number of nitrogens with zero attached hydrogens (tertiary/aromatic N) is 3. The summed E-state index contributed by atoms with van der Waals surface area (Å²) in [5.41, 5.74) is 3.84. The van der Waals surface area contributed by atoms with Crippen molar-refractivity contribution in [2.75, 3.05) is 18.4 Å². The van der Waals surface area contributed by atoms with E-state index in [1.807, 2.05) is 26.0 Å². The maximum atomic E-state index is 12.7. The first-order valence-corrected chi connectivity index (χ1v) is 11.0. The van der Waals surface area contributed by atoms with Crippen LogP contribution in [0.15, 0.2) is 40.9 Å². The van der Waals surface area contributed by atoms with Crippen molar-refractivity contribution in [3.63, 3.8) is 0 Å². The average molecular weight is 459 g/mol. The lowest BCUT2D eigenvalue weighted by molar-refractivity contribution is -0.121. The molecule has 1 amide bonds. The average Bonchev–Trinajstić information content (AvgIpc) is 3.18. The fourth-order valence-electron chi connectivity index (χ4n) is 3.83. The van der Waals surface area contributed by atoms with E-state index in [9.17, 15) is 4.79 Å². The van der Waals surface area contributed by atoms with E-state index in [0.717, 1.165) is 37.2 Å². The zero-order chi connectivity index (χ0) is 22.0. The van der Waals surface area contributed by atoms with Crippen LogP contribution < -0.4 is 5.32 Å². The molecular weight excluding hydrogens is 435 g/mol. The van der Waals surface area contributed by atoms with Gasteiger partial charge < -0.3 is 9.84 Å². The highest BCUT2D eigenvalue weighted by molar-refractivity contribution is 6.36. The molecule has 31 heavy (non-hydrogen) atoms. The van der Waals surface area contributed by atoms with Gasteiger partial charge in [-0.1, -0.05) is 46.1 Å². The van der Waals surface area contributed by atoms with E-state index >= 15 is 0 Å². The summed E-state index contributed by atoms with van der Waals surface area (Å²) in [4.78, 5) is 19.4. The predicted octanol–water partition coefficient (Wildman–Crippen LogP) is 5.51. The number of anilines is 1. The summed E-state index contributed by atoms with van der Waals surface area (Å²) in [6.07, 6.45) is 1.58. The monoisotopic (exact) mass is 458 g/mol. The predicted molar refractivity (Wildman–Crippen MR) is 122 cm³/mol. The number of aromatic nitrogens is 2. The zero-order valence-corrected chi connectivity index (χ0v) is 19.0. The smallest absolute Gasteiger partial charge is 0.241 e. The zero-order valence-electron chi connectivity index (χ0n) is 17.5. The summed E-state index contributed by atoms with van der Waals surface area (Å²) >= 11 is 12.2. The van der Waals surface area contributed by atoms with Gasteiger partial charge in [0.05, 0.1) is 11.6 Å². The van der Waals surface area contributed by atoms with Crippen molar-refractivity contribution in [1.29, 1.82) is 0 Å². The third-order valence-electron chi connectivity index (χ3n) is 5.60. The maximum absolute atomic E-state index is 12.7. The highest BCUT2D eigenvalue weighted by atomic mass is 35.5. The number of hydrogen-bond donors (Lipinski definition) is 1. The number of likely N-dealkylation sites (tertiary alicyclic amines) is 1. The Bertz CT molecular complexity index is 1090. The molecule has 0 unspecified atom stereocenters. The summed E-state index contributed by atoms with van der Waals surface area (Å²) in [7, 11) is 0. The summed E-state index contributed by atoms with van der Waals surface area (Å²) in [6.45, 7) is 6.20. The first kappa shape index (κ1) is 21.8. The summed E-state index contributed by atoms with van der Waals surface area (Å²) in [6, 6.07) is 11.2. The number of benzene rings is 2. The van der Waals surface area contributed by atoms with Gasteiger partial charge >= 0.3 is 0 Å². The van der Waals surface area contributed by atoms with Crippen LogP contribution in [0.2, 0.25) is 10.0 Å². The molecule has 0 radical (unpaired) electrons. The van der Waals surface area contributed by atoms with Crippen molar-refractivity contribution in [2.24, 2.45) is 5.92 Å². The lowest BCUT2D eigenvalue weighted by Crippen LogP contribution is -2.37. The van der Waals surface area contributed by atoms with Gasteiger partial charge in [-0.2, -0.15) is 4.98 Å². The van der Waals surface area contributed by atoms with Crippen LogP contribution in [0.4, 0.5) is 5.69 Å². The molecule has 2 heterocycles. The molecule has 0 bridgehead atoms. The molecule has 2 aromatic carbocycles. The van der Waals surface area contributed by atoms with Crippen LogP contribution in [0.5, 0.6) is 0 Å². The molecule has 0 spiro atoms. The maximum Gasteiger partial charge on any atom is 0.241 e. The Kier molecular flexibility index (Phi) is 6.60. The van der Waals surface area contributed by atoms with Crippen LogP contribution in [-0.2, 0) is 11.3 Å². The van der Waals surface area contributed by atoms with E-state index in [0.29, 0.717) is 33.9 Å². The topological polar surface area (TPSA) is 71.3 Å². The van der Waals surface area contributed by atoms with Crippen molar-refractivity contribution < 1.29 is 9.32 Å². The Morgan fingerprint density at radius 1 is 1.16 bits per heavy atom. The summed E-state index contributed by atoms with van der Waals surface area (Å²) in [5.74, 6) is 1.06. The molecular formula is C23H24Cl2N4O2. The Hall–Kier alpha value is -2.41. The third-order valence-corrected chi connectivity index (χ3v) is 6.14. The van der Waals surface area contributed by atoms with Crippen LogP contribution >= 0.6 is 23.2 Å². The van der Waals surface area contributed by atoms with Crippen LogP contribution in [0.3, 0.4) is 0 Å². The highest BCUT2D eigenvalue weighted by Crippen LogP contribution is 2.29. The van der Waals surface area contributed by atoms with Gasteiger partial charge in [0.15, 0.2) is 0 Å². The van der Waals surface area contributed by atoms with Crippen molar-refractivity contribution in [2.45, 2.75) is 33.2 Å². The molecule has 0 saturated carbocycles. The van der Waals surface area contributed by atoms with Gasteiger partial charge in [-0.15, -0.1) is 0 Å². The fraction of sp³-hybridized carbons (Fsp3) is 0.348. The molecule has 3 aromatic rings.